The summed E-state index contributed by atoms with van der Waals surface area (Å²) in [6.45, 7) is 7.56. The quantitative estimate of drug-likeness (QED) is 0.861. The minimum absolute atomic E-state index is 0.0179. The van der Waals surface area contributed by atoms with Crippen molar-refractivity contribution in [1.29, 1.82) is 0 Å². The van der Waals surface area contributed by atoms with E-state index >= 15 is 0 Å². The smallest absolute Gasteiger partial charge is 0.258 e. The van der Waals surface area contributed by atoms with E-state index in [9.17, 15) is 4.79 Å². The zero-order valence-electron chi connectivity index (χ0n) is 13.5. The van der Waals surface area contributed by atoms with Crippen LogP contribution in [0.25, 0.3) is 11.0 Å². The van der Waals surface area contributed by atoms with Gasteiger partial charge in [-0.25, -0.2) is 9.67 Å². The molecule has 0 aromatic carbocycles. The molecule has 6 heteroatoms. The minimum atomic E-state index is -0.0179. The van der Waals surface area contributed by atoms with Gasteiger partial charge in [-0.1, -0.05) is 19.8 Å². The molecular formula is C16H23N5O. The number of aromatic nitrogens is 3. The largest absolute Gasteiger partial charge is 0.397 e. The lowest BCUT2D eigenvalue weighted by Crippen LogP contribution is -2.31. The molecule has 0 aliphatic carbocycles. The molecule has 3 heterocycles. The Balaban J connectivity index is 2.02. The van der Waals surface area contributed by atoms with E-state index in [0.717, 1.165) is 29.7 Å². The van der Waals surface area contributed by atoms with Crippen LogP contribution >= 0.6 is 0 Å². The molecule has 1 amide bonds. The summed E-state index contributed by atoms with van der Waals surface area (Å²) in [4.78, 5) is 19.0. The Bertz CT molecular complexity index is 719. The van der Waals surface area contributed by atoms with Crippen LogP contribution < -0.4 is 5.73 Å². The first-order chi connectivity index (χ1) is 10.5. The first-order valence-corrected chi connectivity index (χ1v) is 7.99. The number of aryl methyl sites for hydroxylation is 1. The van der Waals surface area contributed by atoms with Gasteiger partial charge in [0.05, 0.1) is 35.1 Å². The third-order valence-corrected chi connectivity index (χ3v) is 4.29. The van der Waals surface area contributed by atoms with Crippen molar-refractivity contribution in [3.63, 3.8) is 0 Å². The number of pyridine rings is 1. The molecule has 2 aromatic heterocycles. The van der Waals surface area contributed by atoms with Crippen LogP contribution in [0.5, 0.6) is 0 Å². The number of carbonyl (C=O) groups excluding carboxylic acids is 1. The fourth-order valence-corrected chi connectivity index (χ4v) is 2.98. The number of unbranched alkanes of at least 4 members (excludes halogenated alkanes) is 2. The van der Waals surface area contributed by atoms with E-state index in [1.54, 1.807) is 6.20 Å². The van der Waals surface area contributed by atoms with Gasteiger partial charge < -0.3 is 10.6 Å². The highest BCUT2D eigenvalue weighted by molar-refractivity contribution is 6.08. The van der Waals surface area contributed by atoms with Gasteiger partial charge in [0.1, 0.15) is 0 Å². The topological polar surface area (TPSA) is 77.0 Å². The maximum absolute atomic E-state index is 12.5. The Kier molecular flexibility index (Phi) is 3.76. The van der Waals surface area contributed by atoms with Gasteiger partial charge in [0.2, 0.25) is 0 Å². The summed E-state index contributed by atoms with van der Waals surface area (Å²) in [5.41, 5.74) is 8.91. The monoisotopic (exact) mass is 301 g/mol. The van der Waals surface area contributed by atoms with Crippen molar-refractivity contribution in [1.82, 2.24) is 19.7 Å². The number of nitrogens with two attached hydrogens (primary N) is 1. The van der Waals surface area contributed by atoms with Gasteiger partial charge in [-0.15, -0.1) is 0 Å². The first kappa shape index (κ1) is 14.8. The third kappa shape index (κ3) is 2.23. The number of fused-ring (bicyclic) bond motifs is 2. The average Bonchev–Trinajstić information content (AvgIpc) is 3.02. The highest BCUT2D eigenvalue weighted by Crippen LogP contribution is 2.32. The van der Waals surface area contributed by atoms with Crippen LogP contribution in [0.1, 0.15) is 56.1 Å². The zero-order chi connectivity index (χ0) is 15.9. The fourth-order valence-electron chi connectivity index (χ4n) is 2.98. The molecule has 1 aliphatic heterocycles. The second-order valence-corrected chi connectivity index (χ2v) is 6.19. The summed E-state index contributed by atoms with van der Waals surface area (Å²) < 4.78 is 1.91. The number of nitrogen functional groups attached to an aromatic ring is 1. The van der Waals surface area contributed by atoms with Gasteiger partial charge in [-0.3, -0.25) is 4.79 Å². The highest BCUT2D eigenvalue weighted by atomic mass is 16.2. The van der Waals surface area contributed by atoms with Gasteiger partial charge in [-0.2, -0.15) is 5.10 Å². The fraction of sp³-hybridized carbons (Fsp3) is 0.562. The second kappa shape index (κ2) is 5.59. The number of carbonyl (C=O) groups is 1. The van der Waals surface area contributed by atoms with E-state index in [2.05, 4.69) is 12.0 Å². The maximum atomic E-state index is 12.5. The highest BCUT2D eigenvalue weighted by Gasteiger charge is 2.34. The summed E-state index contributed by atoms with van der Waals surface area (Å²) in [6.07, 6.45) is 5.14. The van der Waals surface area contributed by atoms with Crippen molar-refractivity contribution in [2.75, 3.05) is 5.73 Å². The van der Waals surface area contributed by atoms with Crippen LogP contribution in [0.2, 0.25) is 0 Å². The summed E-state index contributed by atoms with van der Waals surface area (Å²) in [5.74, 6) is -0.0179. The maximum Gasteiger partial charge on any atom is 0.258 e. The molecule has 0 bridgehead atoms. The SMILES string of the molecule is CCCCCn1ncc2c(N)c3c(nc21)CN(C(C)C)C3=O. The molecule has 2 aromatic rings. The molecule has 1 aliphatic rings. The van der Waals surface area contributed by atoms with E-state index < -0.39 is 0 Å². The molecule has 0 atom stereocenters. The minimum Gasteiger partial charge on any atom is -0.397 e. The van der Waals surface area contributed by atoms with E-state index in [4.69, 9.17) is 10.7 Å². The van der Waals surface area contributed by atoms with E-state index in [-0.39, 0.29) is 11.9 Å². The normalized spacial score (nSPS) is 14.4. The Morgan fingerprint density at radius 2 is 2.14 bits per heavy atom. The second-order valence-electron chi connectivity index (χ2n) is 6.19. The third-order valence-electron chi connectivity index (χ3n) is 4.29. The molecule has 118 valence electrons. The van der Waals surface area contributed by atoms with Crippen LogP contribution in [-0.4, -0.2) is 31.6 Å². The van der Waals surface area contributed by atoms with Crippen molar-refractivity contribution in [3.8, 4) is 0 Å². The van der Waals surface area contributed by atoms with Crippen molar-refractivity contribution >= 4 is 22.6 Å². The van der Waals surface area contributed by atoms with Crippen molar-refractivity contribution in [2.45, 2.75) is 59.2 Å². The molecule has 3 rings (SSSR count). The van der Waals surface area contributed by atoms with Crippen LogP contribution in [0, 0.1) is 0 Å². The van der Waals surface area contributed by atoms with Gasteiger partial charge in [0, 0.05) is 12.6 Å². The van der Waals surface area contributed by atoms with Gasteiger partial charge in [0.15, 0.2) is 5.65 Å². The summed E-state index contributed by atoms with van der Waals surface area (Å²) in [6, 6.07) is 0.144. The Labute approximate surface area is 130 Å². The average molecular weight is 301 g/mol. The van der Waals surface area contributed by atoms with E-state index in [0.29, 0.717) is 17.8 Å². The molecule has 2 N–H and O–H groups in total. The molecule has 0 spiro atoms. The van der Waals surface area contributed by atoms with Gasteiger partial charge in [-0.05, 0) is 20.3 Å². The number of nitrogens with zero attached hydrogens (tertiary/aromatic N) is 4. The summed E-state index contributed by atoms with van der Waals surface area (Å²) >= 11 is 0. The van der Waals surface area contributed by atoms with Crippen LogP contribution in [0.4, 0.5) is 5.69 Å². The van der Waals surface area contributed by atoms with Gasteiger partial charge >= 0.3 is 0 Å². The summed E-state index contributed by atoms with van der Waals surface area (Å²) in [5, 5.41) is 5.18. The predicted molar refractivity (Wildman–Crippen MR) is 86.5 cm³/mol. The van der Waals surface area contributed by atoms with Crippen molar-refractivity contribution in [3.05, 3.63) is 17.5 Å². The van der Waals surface area contributed by atoms with Crippen molar-refractivity contribution in [2.24, 2.45) is 0 Å². The molecule has 0 fully saturated rings. The number of anilines is 1. The number of amides is 1. The van der Waals surface area contributed by atoms with Crippen LogP contribution in [0.15, 0.2) is 6.20 Å². The Morgan fingerprint density at radius 3 is 2.82 bits per heavy atom. The van der Waals surface area contributed by atoms with Crippen LogP contribution in [0.3, 0.4) is 0 Å². The number of hydrogen-bond donors (Lipinski definition) is 1. The lowest BCUT2D eigenvalue weighted by molar-refractivity contribution is 0.0731. The van der Waals surface area contributed by atoms with Crippen molar-refractivity contribution < 1.29 is 4.79 Å². The Hall–Kier alpha value is -2.11. The van der Waals surface area contributed by atoms with Crippen LogP contribution in [-0.2, 0) is 13.1 Å². The number of rotatable bonds is 5. The lowest BCUT2D eigenvalue weighted by atomic mass is 10.1. The Morgan fingerprint density at radius 1 is 1.36 bits per heavy atom. The molecular weight excluding hydrogens is 278 g/mol. The van der Waals surface area contributed by atoms with E-state index in [1.165, 1.54) is 12.8 Å². The lowest BCUT2D eigenvalue weighted by Gasteiger charge is -2.19. The standard InChI is InChI=1S/C16H23N5O/c1-4-5-6-7-21-15-11(8-18-21)14(17)13-12(19-15)9-20(10(2)3)16(13)22/h8,10H,4-7,9H2,1-3H3,(H2,17,19). The number of hydrogen-bond acceptors (Lipinski definition) is 4. The predicted octanol–water partition coefficient (Wildman–Crippen LogP) is 2.57. The molecule has 6 nitrogen and oxygen atoms in total. The molecule has 0 radical (unpaired) electrons. The molecule has 0 unspecified atom stereocenters. The molecule has 22 heavy (non-hydrogen) atoms. The first-order valence-electron chi connectivity index (χ1n) is 7.99. The van der Waals surface area contributed by atoms with E-state index in [1.807, 2.05) is 23.4 Å². The molecule has 0 saturated heterocycles. The zero-order valence-corrected chi connectivity index (χ0v) is 13.5. The summed E-state index contributed by atoms with van der Waals surface area (Å²) in [7, 11) is 0. The molecule has 0 saturated carbocycles. The van der Waals surface area contributed by atoms with Gasteiger partial charge in [0.25, 0.3) is 5.91 Å².